The molecule has 0 aliphatic heterocycles. The molecule has 0 atom stereocenters. The van der Waals surface area contributed by atoms with E-state index in [9.17, 15) is 9.90 Å². The van der Waals surface area contributed by atoms with E-state index in [0.29, 0.717) is 0 Å². The van der Waals surface area contributed by atoms with Gasteiger partial charge >= 0.3 is 0 Å². The summed E-state index contributed by atoms with van der Waals surface area (Å²) >= 11 is 0. The van der Waals surface area contributed by atoms with Crippen molar-refractivity contribution < 1.29 is 14.6 Å². The van der Waals surface area contributed by atoms with Crippen molar-refractivity contribution in [2.45, 2.75) is 0 Å². The minimum Gasteiger partial charge on any atom is -0.375 e. The van der Waals surface area contributed by atoms with Crippen LogP contribution >= 0.6 is 0 Å². The van der Waals surface area contributed by atoms with Crippen molar-refractivity contribution in [1.29, 1.82) is 0 Å². The van der Waals surface area contributed by atoms with E-state index in [2.05, 4.69) is 0 Å². The number of nitrogens with zero attached hydrogens (tertiary/aromatic N) is 1. The van der Waals surface area contributed by atoms with Crippen LogP contribution in [0.1, 0.15) is 5.56 Å². The number of hydrogen-bond donors (Lipinski definition) is 0. The Labute approximate surface area is 101 Å². The quantitative estimate of drug-likeness (QED) is 0.779. The molecule has 4 heteroatoms. The molecule has 17 heavy (non-hydrogen) atoms. The maximum Gasteiger partial charge on any atom is 0.252 e. The summed E-state index contributed by atoms with van der Waals surface area (Å²) in [5.74, 6) is -0.113. The van der Waals surface area contributed by atoms with Crippen LogP contribution in [0.5, 0.6) is 0 Å². The molecule has 0 heterocycles. The SMILES string of the molecule is COCC(=O)N(C)c1cccc(/C=C/C[O])c1. The third-order valence-corrected chi connectivity index (χ3v) is 2.31. The number of carbonyl (C=O) groups is 1. The van der Waals surface area contributed by atoms with Crippen LogP contribution in [0.3, 0.4) is 0 Å². The predicted molar refractivity (Wildman–Crippen MR) is 66.3 cm³/mol. The second kappa shape index (κ2) is 6.83. The summed E-state index contributed by atoms with van der Waals surface area (Å²) in [5.41, 5.74) is 1.68. The molecule has 1 rings (SSSR count). The van der Waals surface area contributed by atoms with Gasteiger partial charge in [0.05, 0.1) is 0 Å². The molecule has 4 nitrogen and oxygen atoms in total. The first-order chi connectivity index (χ1) is 8.19. The standard InChI is InChI=1S/C13H16NO3/c1-14(13(16)10-17-2)12-7-3-5-11(9-12)6-4-8-15/h3-7,9H,8,10H2,1-2H3/b6-4+. The second-order valence-electron chi connectivity index (χ2n) is 3.55. The molecule has 0 saturated carbocycles. The molecule has 1 radical (unpaired) electrons. The predicted octanol–water partition coefficient (Wildman–Crippen LogP) is 1.74. The van der Waals surface area contributed by atoms with Gasteiger partial charge in [-0.15, -0.1) is 0 Å². The fraction of sp³-hybridized carbons (Fsp3) is 0.308. The van der Waals surface area contributed by atoms with E-state index in [4.69, 9.17) is 4.74 Å². The zero-order chi connectivity index (χ0) is 12.7. The molecule has 0 bridgehead atoms. The van der Waals surface area contributed by atoms with Gasteiger partial charge in [-0.25, -0.2) is 5.11 Å². The zero-order valence-electron chi connectivity index (χ0n) is 10.1. The van der Waals surface area contributed by atoms with Crippen molar-refractivity contribution >= 4 is 17.7 Å². The largest absolute Gasteiger partial charge is 0.375 e. The van der Waals surface area contributed by atoms with Crippen LogP contribution in [0.4, 0.5) is 5.69 Å². The first-order valence-corrected chi connectivity index (χ1v) is 5.29. The molecule has 91 valence electrons. The smallest absolute Gasteiger partial charge is 0.252 e. The molecule has 0 saturated heterocycles. The Balaban J connectivity index is 2.83. The van der Waals surface area contributed by atoms with Crippen molar-refractivity contribution in [3.63, 3.8) is 0 Å². The third-order valence-electron chi connectivity index (χ3n) is 2.31. The summed E-state index contributed by atoms with van der Waals surface area (Å²) < 4.78 is 4.79. The maximum atomic E-state index is 11.6. The zero-order valence-corrected chi connectivity index (χ0v) is 10.1. The lowest BCUT2D eigenvalue weighted by molar-refractivity contribution is -0.121. The fourth-order valence-electron chi connectivity index (χ4n) is 1.39. The minimum absolute atomic E-state index is 0.0527. The molecule has 0 spiro atoms. The Morgan fingerprint density at radius 1 is 1.47 bits per heavy atom. The maximum absolute atomic E-state index is 11.6. The van der Waals surface area contributed by atoms with Gasteiger partial charge in [-0.1, -0.05) is 24.3 Å². The number of rotatable bonds is 5. The van der Waals surface area contributed by atoms with Crippen molar-refractivity contribution in [1.82, 2.24) is 0 Å². The molecule has 0 fully saturated rings. The van der Waals surface area contributed by atoms with Gasteiger partial charge in [0.1, 0.15) is 13.2 Å². The first-order valence-electron chi connectivity index (χ1n) is 5.29. The highest BCUT2D eigenvalue weighted by Gasteiger charge is 2.09. The minimum atomic E-state index is -0.247. The lowest BCUT2D eigenvalue weighted by atomic mass is 10.2. The lowest BCUT2D eigenvalue weighted by Gasteiger charge is -2.17. The van der Waals surface area contributed by atoms with Gasteiger partial charge in [0.2, 0.25) is 0 Å². The topological polar surface area (TPSA) is 49.4 Å². The summed E-state index contributed by atoms with van der Waals surface area (Å²) in [4.78, 5) is 13.1. The van der Waals surface area contributed by atoms with Gasteiger partial charge in [-0.3, -0.25) is 4.79 Å². The number of ether oxygens (including phenoxy) is 1. The van der Waals surface area contributed by atoms with Gasteiger partial charge in [-0.05, 0) is 17.7 Å². The van der Waals surface area contributed by atoms with Crippen molar-refractivity contribution in [2.75, 3.05) is 32.3 Å². The number of hydrogen-bond acceptors (Lipinski definition) is 2. The normalized spacial score (nSPS) is 10.8. The summed E-state index contributed by atoms with van der Waals surface area (Å²) in [6.45, 7) is -0.195. The lowest BCUT2D eigenvalue weighted by Crippen LogP contribution is -2.29. The van der Waals surface area contributed by atoms with Crippen molar-refractivity contribution in [3.05, 3.63) is 35.9 Å². The van der Waals surface area contributed by atoms with Crippen LogP contribution in [-0.4, -0.2) is 33.3 Å². The van der Waals surface area contributed by atoms with E-state index in [1.807, 2.05) is 24.3 Å². The molecule has 0 unspecified atom stereocenters. The average Bonchev–Trinajstić information content (AvgIpc) is 2.36. The second-order valence-corrected chi connectivity index (χ2v) is 3.55. The Morgan fingerprint density at radius 2 is 2.24 bits per heavy atom. The molecule has 1 amide bonds. The molecule has 1 aromatic rings. The van der Waals surface area contributed by atoms with Gasteiger partial charge < -0.3 is 9.64 Å². The van der Waals surface area contributed by atoms with Gasteiger partial charge in [0.25, 0.3) is 5.91 Å². The highest BCUT2D eigenvalue weighted by Crippen LogP contribution is 2.16. The number of benzene rings is 1. The van der Waals surface area contributed by atoms with E-state index in [1.165, 1.54) is 18.1 Å². The van der Waals surface area contributed by atoms with E-state index in [0.717, 1.165) is 11.3 Å². The molecule has 0 aromatic heterocycles. The monoisotopic (exact) mass is 234 g/mol. The Hall–Kier alpha value is -1.65. The molecular weight excluding hydrogens is 218 g/mol. The Morgan fingerprint density at radius 3 is 2.88 bits per heavy atom. The van der Waals surface area contributed by atoms with Gasteiger partial charge in [0.15, 0.2) is 0 Å². The van der Waals surface area contributed by atoms with Crippen LogP contribution in [0.15, 0.2) is 30.3 Å². The number of anilines is 1. The van der Waals surface area contributed by atoms with E-state index in [1.54, 1.807) is 13.1 Å². The summed E-state index contributed by atoms with van der Waals surface area (Å²) in [7, 11) is 3.18. The summed E-state index contributed by atoms with van der Waals surface area (Å²) in [6, 6.07) is 7.41. The van der Waals surface area contributed by atoms with Crippen LogP contribution in [0.2, 0.25) is 0 Å². The number of likely N-dealkylation sites (N-methyl/N-ethyl adjacent to an activating group) is 1. The highest BCUT2D eigenvalue weighted by atomic mass is 16.5. The molecule has 0 N–H and O–H groups in total. The van der Waals surface area contributed by atoms with Crippen molar-refractivity contribution in [3.8, 4) is 0 Å². The van der Waals surface area contributed by atoms with E-state index < -0.39 is 0 Å². The molecule has 0 aliphatic carbocycles. The van der Waals surface area contributed by atoms with Gasteiger partial charge in [-0.2, -0.15) is 0 Å². The molecule has 1 aromatic carbocycles. The molecular formula is C13H16NO3. The van der Waals surface area contributed by atoms with E-state index >= 15 is 0 Å². The van der Waals surface area contributed by atoms with Gasteiger partial charge in [0, 0.05) is 19.8 Å². The number of carbonyl (C=O) groups excluding carboxylic acids is 1. The first kappa shape index (κ1) is 13.4. The summed E-state index contributed by atoms with van der Waals surface area (Å²) in [6.07, 6.45) is 3.28. The molecule has 0 aliphatic rings. The summed E-state index contributed by atoms with van der Waals surface area (Å²) in [5, 5.41) is 10.3. The number of methoxy groups -OCH3 is 1. The van der Waals surface area contributed by atoms with Crippen LogP contribution in [0, 0.1) is 0 Å². The average molecular weight is 234 g/mol. The highest BCUT2D eigenvalue weighted by molar-refractivity contribution is 5.94. The van der Waals surface area contributed by atoms with E-state index in [-0.39, 0.29) is 19.1 Å². The Kier molecular flexibility index (Phi) is 5.39. The van der Waals surface area contributed by atoms with Crippen LogP contribution in [0.25, 0.3) is 6.08 Å². The third kappa shape index (κ3) is 4.01. The number of amides is 1. The fourth-order valence-corrected chi connectivity index (χ4v) is 1.39. The van der Waals surface area contributed by atoms with Crippen LogP contribution in [-0.2, 0) is 14.6 Å². The Bertz CT molecular complexity index is 401. The van der Waals surface area contributed by atoms with Crippen molar-refractivity contribution in [2.24, 2.45) is 0 Å². The van der Waals surface area contributed by atoms with Crippen LogP contribution < -0.4 is 4.90 Å².